The first kappa shape index (κ1) is 40.1. The van der Waals surface area contributed by atoms with Crippen molar-refractivity contribution in [3.8, 4) is 0 Å². The van der Waals surface area contributed by atoms with Crippen LogP contribution in [0.15, 0.2) is 0 Å². The minimum absolute atomic E-state index is 0.0362. The Kier molecular flexibility index (Phi) is 14.1. The maximum atomic E-state index is 12.3. The van der Waals surface area contributed by atoms with Crippen molar-refractivity contribution in [2.75, 3.05) is 33.0 Å². The van der Waals surface area contributed by atoms with Crippen molar-refractivity contribution in [2.45, 2.75) is 140 Å². The van der Waals surface area contributed by atoms with Gasteiger partial charge in [-0.25, -0.2) is 6.57 Å². The van der Waals surface area contributed by atoms with Crippen molar-refractivity contribution in [3.63, 3.8) is 0 Å². The Morgan fingerprint density at radius 3 is 1.80 bits per heavy atom. The molecule has 2 aliphatic heterocycles. The van der Waals surface area contributed by atoms with E-state index in [-0.39, 0.29) is 48.6 Å². The molecule has 2 saturated heterocycles. The summed E-state index contributed by atoms with van der Waals surface area (Å²) in [5, 5.41) is 10.1. The number of aliphatic hydroxyl groups excluding tert-OH is 1. The van der Waals surface area contributed by atoms with Crippen LogP contribution in [0.3, 0.4) is 0 Å². The molecule has 0 radical (unpaired) electrons. The molecule has 0 bridgehead atoms. The Morgan fingerprint density at radius 2 is 1.36 bits per heavy atom. The number of hydrogen-bond donors (Lipinski definition) is 1. The van der Waals surface area contributed by atoms with E-state index in [4.69, 9.17) is 43.0 Å². The first-order chi connectivity index (χ1) is 20.0. The molecule has 15 heteroatoms. The van der Waals surface area contributed by atoms with Crippen molar-refractivity contribution >= 4 is 38.5 Å². The number of nitrogens with zero attached hydrogens (tertiary/aromatic N) is 1. The van der Waals surface area contributed by atoms with E-state index in [1.54, 1.807) is 0 Å². The molecular weight excluding hydrogens is 640 g/mol. The summed E-state index contributed by atoms with van der Waals surface area (Å²) in [7, 11) is -9.83. The average Bonchev–Trinajstić information content (AvgIpc) is 3.31. The van der Waals surface area contributed by atoms with E-state index in [1.807, 2.05) is 13.8 Å². The largest absolute Gasteiger partial charge is 0.505 e. The second-order valence-electron chi connectivity index (χ2n) is 14.8. The molecule has 2 fully saturated rings. The zero-order chi connectivity index (χ0) is 33.9. The van der Waals surface area contributed by atoms with E-state index in [9.17, 15) is 9.67 Å². The lowest BCUT2D eigenvalue weighted by molar-refractivity contribution is -0.0292. The molecule has 0 spiro atoms. The second-order valence-corrected chi connectivity index (χ2v) is 27.4. The van der Waals surface area contributed by atoms with Gasteiger partial charge in [0.1, 0.15) is 37.1 Å². The molecule has 0 aliphatic carbocycles. The van der Waals surface area contributed by atoms with Gasteiger partial charge in [0.2, 0.25) is 6.54 Å². The number of ether oxygens (including phenoxy) is 2. The van der Waals surface area contributed by atoms with Gasteiger partial charge in [-0.1, -0.05) is 41.5 Å². The van der Waals surface area contributed by atoms with Crippen LogP contribution in [0, 0.1) is 6.57 Å². The van der Waals surface area contributed by atoms with Gasteiger partial charge in [0.15, 0.2) is 29.4 Å². The van der Waals surface area contributed by atoms with E-state index in [0.29, 0.717) is 0 Å². The summed E-state index contributed by atoms with van der Waals surface area (Å²) >= 11 is 0. The van der Waals surface area contributed by atoms with Gasteiger partial charge in [-0.15, -0.1) is 4.52 Å². The monoisotopic (exact) mass is 698 g/mol. The van der Waals surface area contributed by atoms with Crippen LogP contribution in [0.25, 0.3) is 4.85 Å². The van der Waals surface area contributed by atoms with Crippen LogP contribution < -0.4 is 0 Å². The smallest absolute Gasteiger partial charge is 0.409 e. The summed E-state index contributed by atoms with van der Waals surface area (Å²) in [6.07, 6.45) is -0.0994. The lowest BCUT2D eigenvalue weighted by Crippen LogP contribution is -2.50. The Bertz CT molecular complexity index is 1060. The Hall–Kier alpha value is -0.0362. The molecule has 2 aliphatic rings. The molecule has 0 aromatic heterocycles. The third-order valence-electron chi connectivity index (χ3n) is 9.22. The second kappa shape index (κ2) is 15.5. The summed E-state index contributed by atoms with van der Waals surface area (Å²) in [5.41, 5.74) is 0. The van der Waals surface area contributed by atoms with Crippen LogP contribution in [0.2, 0.25) is 36.3 Å². The van der Waals surface area contributed by atoms with Gasteiger partial charge in [-0.2, -0.15) is 0 Å². The fourth-order valence-corrected chi connectivity index (χ4v) is 9.46. The van der Waals surface area contributed by atoms with Gasteiger partial charge in [0.25, 0.3) is 7.57 Å². The number of hydrogen-bond acceptors (Lipinski definition) is 10. The molecule has 44 heavy (non-hydrogen) atoms. The molecule has 4 unspecified atom stereocenters. The summed E-state index contributed by atoms with van der Waals surface area (Å²) in [5.74, 6) is 0. The van der Waals surface area contributed by atoms with E-state index in [2.05, 4.69) is 78.9 Å². The molecule has 2 rings (SSSR count). The van der Waals surface area contributed by atoms with Gasteiger partial charge in [0.05, 0.1) is 25.4 Å². The van der Waals surface area contributed by atoms with Gasteiger partial charge >= 0.3 is 8.03 Å². The topological polar surface area (TPSA) is 116 Å². The Balaban J connectivity index is 2.35. The van der Waals surface area contributed by atoms with Crippen LogP contribution in [-0.2, 0) is 41.0 Å². The van der Waals surface area contributed by atoms with Gasteiger partial charge < -0.3 is 41.8 Å². The van der Waals surface area contributed by atoms with Crippen molar-refractivity contribution in [1.82, 2.24) is 0 Å². The third kappa shape index (κ3) is 10.2. The van der Waals surface area contributed by atoms with Crippen LogP contribution in [-0.4, -0.2) is 110 Å². The molecular formula is C29H58NO10P2Si2+. The quantitative estimate of drug-likeness (QED) is 0.0866. The SMILES string of the molecule is [C-]#[N+]CCOP(=C)(OC[C@H]1O[C@@H](C)[C@@H](O[Si](C)(C)C(C)(C)C)C1O[P+](C)=O)OC1[C@@H](CO)O[C@@H](C)[C@H]1O[Si](C)(C)C(C)(C)C. The van der Waals surface area contributed by atoms with Crippen LogP contribution in [0.4, 0.5) is 0 Å². The van der Waals surface area contributed by atoms with Crippen molar-refractivity contribution in [3.05, 3.63) is 11.4 Å². The van der Waals surface area contributed by atoms with Crippen LogP contribution in [0.5, 0.6) is 0 Å². The molecule has 0 saturated carbocycles. The van der Waals surface area contributed by atoms with E-state index in [0.717, 1.165) is 0 Å². The molecule has 256 valence electrons. The van der Waals surface area contributed by atoms with E-state index >= 15 is 0 Å². The highest BCUT2D eigenvalue weighted by Gasteiger charge is 2.54. The molecule has 11 nitrogen and oxygen atoms in total. The average molecular weight is 699 g/mol. The normalized spacial score (nSPS) is 32.0. The van der Waals surface area contributed by atoms with Crippen molar-refractivity contribution in [1.29, 1.82) is 0 Å². The summed E-state index contributed by atoms with van der Waals surface area (Å²) in [6.45, 7) is 33.9. The predicted molar refractivity (Wildman–Crippen MR) is 181 cm³/mol. The first-order valence-corrected chi connectivity index (χ1v) is 24.5. The molecule has 10 atom stereocenters. The first-order valence-electron chi connectivity index (χ1n) is 15.4. The predicted octanol–water partition coefficient (Wildman–Crippen LogP) is 6.62. The minimum Gasteiger partial charge on any atom is -0.409 e. The number of aliphatic hydroxyl groups is 1. The lowest BCUT2D eigenvalue weighted by atomic mass is 10.1. The number of rotatable bonds is 15. The standard InChI is InChI=1S/C29H58NO10P2Si2/c1-20-24(39-43(12,13)28(3,4)5)26(37-41(10)32)23(36-20)19-34-42(11,33-17-16-30-9)38-27-22(18-31)35-21(2)25(27)40-44(14,15)29(6,7)8/h20-27,31H,11,16-19H2,1-8,10,12-15H3/q+1/t20-,21-,22+,23+,24+,25+,26?,27?,42?/m0/s1. The summed E-state index contributed by atoms with van der Waals surface area (Å²) in [4.78, 5) is 3.39. The van der Waals surface area contributed by atoms with Crippen LogP contribution >= 0.6 is 15.6 Å². The molecule has 0 aromatic rings. The fourth-order valence-electron chi connectivity index (χ4n) is 4.58. The maximum Gasteiger partial charge on any atom is 0.505 e. The lowest BCUT2D eigenvalue weighted by Gasteiger charge is -2.41. The fraction of sp³-hybridized carbons (Fsp3) is 0.931. The maximum absolute atomic E-state index is 12.3. The Labute approximate surface area is 269 Å². The van der Waals surface area contributed by atoms with Gasteiger partial charge in [-0.3, -0.25) is 0 Å². The minimum atomic E-state index is -3.38. The molecule has 0 amide bonds. The zero-order valence-electron chi connectivity index (χ0n) is 29.1. The van der Waals surface area contributed by atoms with Crippen LogP contribution in [0.1, 0.15) is 55.4 Å². The van der Waals surface area contributed by atoms with Crippen molar-refractivity contribution < 1.29 is 46.1 Å². The zero-order valence-corrected chi connectivity index (χ0v) is 32.9. The molecule has 1 N–H and O–H groups in total. The Morgan fingerprint density at radius 1 is 0.886 bits per heavy atom. The van der Waals surface area contributed by atoms with E-state index < -0.39 is 68.9 Å². The van der Waals surface area contributed by atoms with Gasteiger partial charge in [0, 0.05) is 0 Å². The highest BCUT2D eigenvalue weighted by Crippen LogP contribution is 2.54. The summed E-state index contributed by atoms with van der Waals surface area (Å²) in [6, 6.07) is 0. The highest BCUT2D eigenvalue weighted by molar-refractivity contribution is 7.59. The highest BCUT2D eigenvalue weighted by atomic mass is 31.2. The molecule has 0 aromatic carbocycles. The summed E-state index contributed by atoms with van der Waals surface area (Å²) < 4.78 is 63.0. The molecule has 2 heterocycles. The van der Waals surface area contributed by atoms with Crippen molar-refractivity contribution in [2.24, 2.45) is 0 Å². The van der Waals surface area contributed by atoms with Gasteiger partial charge in [-0.05, 0) is 61.0 Å². The third-order valence-corrected chi connectivity index (χ3v) is 20.4. The van der Waals surface area contributed by atoms with E-state index in [1.165, 1.54) is 6.66 Å².